The molecule has 1 amide bonds. The Morgan fingerprint density at radius 2 is 1.53 bits per heavy atom. The third kappa shape index (κ3) is 6.40. The molecule has 162 valence electrons. The number of rotatable bonds is 10. The average Bonchev–Trinajstić information content (AvgIpc) is 2.72. The van der Waals surface area contributed by atoms with Crippen LogP contribution in [0.3, 0.4) is 0 Å². The fraction of sp³-hybridized carbons (Fsp3) is 0.391. The maximum Gasteiger partial charge on any atom is 0.308 e. The normalized spacial score (nSPS) is 11.5. The van der Waals surface area contributed by atoms with Crippen molar-refractivity contribution in [2.75, 3.05) is 21.3 Å². The molecule has 30 heavy (non-hydrogen) atoms. The molecule has 7 heteroatoms. The Hall–Kier alpha value is -3.22. The first-order valence-corrected chi connectivity index (χ1v) is 9.70. The Balaban J connectivity index is 2.18. The van der Waals surface area contributed by atoms with Gasteiger partial charge in [-0.2, -0.15) is 0 Å². The molecule has 1 atom stereocenters. The Kier molecular flexibility index (Phi) is 8.53. The predicted molar refractivity (Wildman–Crippen MR) is 113 cm³/mol. The van der Waals surface area contributed by atoms with Gasteiger partial charge < -0.3 is 24.3 Å². The Bertz CT molecular complexity index is 825. The number of hydrogen-bond donors (Lipinski definition) is 1. The van der Waals surface area contributed by atoms with Gasteiger partial charge in [-0.05, 0) is 37.1 Å². The minimum absolute atomic E-state index is 0.0448. The highest BCUT2D eigenvalue weighted by Crippen LogP contribution is 2.38. The predicted octanol–water partition coefficient (Wildman–Crippen LogP) is 3.45. The molecule has 0 bridgehead atoms. The topological polar surface area (TPSA) is 83.1 Å². The molecular weight excluding hydrogens is 386 g/mol. The Labute approximate surface area is 177 Å². The molecule has 0 spiro atoms. The smallest absolute Gasteiger partial charge is 0.308 e. The Morgan fingerprint density at radius 1 is 0.933 bits per heavy atom. The van der Waals surface area contributed by atoms with E-state index < -0.39 is 6.04 Å². The SMILES string of the molecule is COc1cc(CC(=O)NC(CC(=O)OC(C)C)c2ccccc2)cc(OC)c1OC. The van der Waals surface area contributed by atoms with Crippen LogP contribution in [0.5, 0.6) is 17.2 Å². The van der Waals surface area contributed by atoms with Crippen LogP contribution in [0, 0.1) is 0 Å². The van der Waals surface area contributed by atoms with Crippen LogP contribution < -0.4 is 19.5 Å². The van der Waals surface area contributed by atoms with Gasteiger partial charge in [0.05, 0.1) is 46.3 Å². The van der Waals surface area contributed by atoms with Crippen molar-refractivity contribution in [2.24, 2.45) is 0 Å². The van der Waals surface area contributed by atoms with E-state index in [0.29, 0.717) is 22.8 Å². The van der Waals surface area contributed by atoms with Crippen molar-refractivity contribution in [1.82, 2.24) is 5.32 Å². The van der Waals surface area contributed by atoms with Gasteiger partial charge in [-0.15, -0.1) is 0 Å². The third-order valence-corrected chi connectivity index (χ3v) is 4.36. The lowest BCUT2D eigenvalue weighted by atomic mass is 10.0. The zero-order valence-corrected chi connectivity index (χ0v) is 18.1. The fourth-order valence-electron chi connectivity index (χ4n) is 3.08. The van der Waals surface area contributed by atoms with Crippen LogP contribution in [0.2, 0.25) is 0 Å². The summed E-state index contributed by atoms with van der Waals surface area (Å²) >= 11 is 0. The molecule has 0 radical (unpaired) electrons. The average molecular weight is 415 g/mol. The molecule has 0 aromatic heterocycles. The molecule has 0 aliphatic carbocycles. The lowest BCUT2D eigenvalue weighted by Gasteiger charge is -2.20. The number of hydrogen-bond acceptors (Lipinski definition) is 6. The van der Waals surface area contributed by atoms with Crippen molar-refractivity contribution in [2.45, 2.75) is 38.8 Å². The van der Waals surface area contributed by atoms with E-state index in [-0.39, 0.29) is 30.8 Å². The molecule has 0 aliphatic rings. The molecule has 2 rings (SSSR count). The minimum atomic E-state index is -0.494. The number of carbonyl (C=O) groups is 2. The highest BCUT2D eigenvalue weighted by molar-refractivity contribution is 5.80. The second-order valence-electron chi connectivity index (χ2n) is 6.98. The van der Waals surface area contributed by atoms with Crippen LogP contribution in [-0.4, -0.2) is 39.3 Å². The van der Waals surface area contributed by atoms with E-state index in [1.54, 1.807) is 26.0 Å². The van der Waals surface area contributed by atoms with Crippen molar-refractivity contribution in [1.29, 1.82) is 0 Å². The molecule has 2 aromatic carbocycles. The summed E-state index contributed by atoms with van der Waals surface area (Å²) in [6.07, 6.45) is -0.0912. The summed E-state index contributed by atoms with van der Waals surface area (Å²) in [7, 11) is 4.56. The number of benzene rings is 2. The molecule has 0 aliphatic heterocycles. The Morgan fingerprint density at radius 3 is 2.03 bits per heavy atom. The highest BCUT2D eigenvalue weighted by Gasteiger charge is 2.21. The zero-order valence-electron chi connectivity index (χ0n) is 18.1. The van der Waals surface area contributed by atoms with Crippen LogP contribution in [0.4, 0.5) is 0 Å². The number of esters is 1. The minimum Gasteiger partial charge on any atom is -0.493 e. The van der Waals surface area contributed by atoms with Gasteiger partial charge in [0.15, 0.2) is 11.5 Å². The molecule has 2 aromatic rings. The lowest BCUT2D eigenvalue weighted by molar-refractivity contribution is -0.148. The van der Waals surface area contributed by atoms with Crippen molar-refractivity contribution < 1.29 is 28.5 Å². The summed E-state index contributed by atoms with van der Waals surface area (Å²) in [5.41, 5.74) is 1.52. The van der Waals surface area contributed by atoms with Gasteiger partial charge in [0.25, 0.3) is 0 Å². The second-order valence-corrected chi connectivity index (χ2v) is 6.98. The van der Waals surface area contributed by atoms with E-state index in [2.05, 4.69) is 5.32 Å². The van der Waals surface area contributed by atoms with E-state index in [1.165, 1.54) is 21.3 Å². The molecule has 7 nitrogen and oxygen atoms in total. The van der Waals surface area contributed by atoms with Crippen LogP contribution in [0.1, 0.15) is 37.4 Å². The highest BCUT2D eigenvalue weighted by atomic mass is 16.5. The van der Waals surface area contributed by atoms with Gasteiger partial charge in [0.1, 0.15) is 0 Å². The first-order chi connectivity index (χ1) is 14.4. The van der Waals surface area contributed by atoms with Crippen molar-refractivity contribution >= 4 is 11.9 Å². The van der Waals surface area contributed by atoms with E-state index in [9.17, 15) is 9.59 Å². The molecule has 0 fully saturated rings. The maximum absolute atomic E-state index is 12.8. The van der Waals surface area contributed by atoms with Gasteiger partial charge in [-0.3, -0.25) is 9.59 Å². The summed E-state index contributed by atoms with van der Waals surface area (Å²) in [6, 6.07) is 12.3. The van der Waals surface area contributed by atoms with Crippen LogP contribution in [0.15, 0.2) is 42.5 Å². The number of nitrogens with one attached hydrogen (secondary N) is 1. The van der Waals surface area contributed by atoms with E-state index >= 15 is 0 Å². The standard InChI is InChI=1S/C23H29NO6/c1-15(2)30-22(26)14-18(17-9-7-6-8-10-17)24-21(25)13-16-11-19(27-3)23(29-5)20(12-16)28-4/h6-12,15,18H,13-14H2,1-5H3,(H,24,25). The first kappa shape index (κ1) is 23.1. The molecule has 0 heterocycles. The monoisotopic (exact) mass is 415 g/mol. The maximum atomic E-state index is 12.8. The number of methoxy groups -OCH3 is 3. The van der Waals surface area contributed by atoms with Gasteiger partial charge in [-0.25, -0.2) is 0 Å². The first-order valence-electron chi connectivity index (χ1n) is 9.70. The van der Waals surface area contributed by atoms with Crippen molar-refractivity contribution in [3.8, 4) is 17.2 Å². The zero-order chi connectivity index (χ0) is 22.1. The van der Waals surface area contributed by atoms with E-state index in [0.717, 1.165) is 5.56 Å². The van der Waals surface area contributed by atoms with E-state index in [4.69, 9.17) is 18.9 Å². The summed E-state index contributed by atoms with van der Waals surface area (Å²) in [6.45, 7) is 3.58. The van der Waals surface area contributed by atoms with E-state index in [1.807, 2.05) is 30.3 Å². The van der Waals surface area contributed by atoms with Gasteiger partial charge in [0.2, 0.25) is 11.7 Å². The molecule has 0 saturated carbocycles. The quantitative estimate of drug-likeness (QED) is 0.599. The van der Waals surface area contributed by atoms with Crippen LogP contribution >= 0.6 is 0 Å². The molecule has 1 N–H and O–H groups in total. The fourth-order valence-corrected chi connectivity index (χ4v) is 3.08. The van der Waals surface area contributed by atoms with Crippen LogP contribution in [0.25, 0.3) is 0 Å². The van der Waals surface area contributed by atoms with Gasteiger partial charge in [0, 0.05) is 0 Å². The molecular formula is C23H29NO6. The molecule has 0 saturated heterocycles. The molecule has 1 unspecified atom stereocenters. The summed E-state index contributed by atoms with van der Waals surface area (Å²) in [5, 5.41) is 2.94. The van der Waals surface area contributed by atoms with Crippen molar-refractivity contribution in [3.05, 3.63) is 53.6 Å². The largest absolute Gasteiger partial charge is 0.493 e. The third-order valence-electron chi connectivity index (χ3n) is 4.36. The second kappa shape index (κ2) is 11.1. The van der Waals surface area contributed by atoms with Crippen LogP contribution in [-0.2, 0) is 20.7 Å². The van der Waals surface area contributed by atoms with Gasteiger partial charge in [-0.1, -0.05) is 30.3 Å². The number of carbonyl (C=O) groups excluding carboxylic acids is 2. The number of amides is 1. The van der Waals surface area contributed by atoms with Gasteiger partial charge >= 0.3 is 5.97 Å². The summed E-state index contributed by atoms with van der Waals surface area (Å²) in [5.74, 6) is 0.796. The summed E-state index contributed by atoms with van der Waals surface area (Å²) < 4.78 is 21.3. The van der Waals surface area contributed by atoms with Crippen molar-refractivity contribution in [3.63, 3.8) is 0 Å². The number of ether oxygens (including phenoxy) is 4. The summed E-state index contributed by atoms with van der Waals surface area (Å²) in [4.78, 5) is 25.0. The lowest BCUT2D eigenvalue weighted by Crippen LogP contribution is -2.32.